The van der Waals surface area contributed by atoms with Crippen LogP contribution in [-0.2, 0) is 9.59 Å². The molecule has 3 heteroatoms. The van der Waals surface area contributed by atoms with Gasteiger partial charge in [0.05, 0.1) is 5.92 Å². The molecule has 0 heterocycles. The maximum Gasteiger partial charge on any atom is 0.152 e. The lowest BCUT2D eigenvalue weighted by Gasteiger charge is -2.04. The van der Waals surface area contributed by atoms with E-state index in [1.807, 2.05) is 6.92 Å². The SMILES string of the molecule is CCCCC(C=O)C(=O)CS. The first-order valence-electron chi connectivity index (χ1n) is 3.85. The Bertz CT molecular complexity index is 134. The van der Waals surface area contributed by atoms with Crippen molar-refractivity contribution in [1.29, 1.82) is 0 Å². The molecule has 0 saturated heterocycles. The van der Waals surface area contributed by atoms with E-state index in [4.69, 9.17) is 0 Å². The summed E-state index contributed by atoms with van der Waals surface area (Å²) in [7, 11) is 0. The van der Waals surface area contributed by atoms with E-state index in [0.717, 1.165) is 19.1 Å². The molecule has 1 unspecified atom stereocenters. The van der Waals surface area contributed by atoms with E-state index in [1.54, 1.807) is 0 Å². The van der Waals surface area contributed by atoms with Crippen molar-refractivity contribution in [3.63, 3.8) is 0 Å². The Labute approximate surface area is 72.8 Å². The second-order valence-corrected chi connectivity index (χ2v) is 2.83. The van der Waals surface area contributed by atoms with Gasteiger partial charge in [0.1, 0.15) is 6.29 Å². The van der Waals surface area contributed by atoms with Gasteiger partial charge in [0.2, 0.25) is 0 Å². The third-order valence-corrected chi connectivity index (χ3v) is 1.91. The van der Waals surface area contributed by atoms with Crippen LogP contribution in [0.1, 0.15) is 26.2 Å². The number of hydrogen-bond donors (Lipinski definition) is 1. The molecule has 0 bridgehead atoms. The molecule has 0 aliphatic heterocycles. The Morgan fingerprint density at radius 3 is 2.64 bits per heavy atom. The number of carbonyl (C=O) groups excluding carboxylic acids is 2. The molecular formula is C8H14O2S. The number of aldehydes is 1. The molecule has 0 aromatic carbocycles. The highest BCUT2D eigenvalue weighted by Gasteiger charge is 2.14. The van der Waals surface area contributed by atoms with Crippen LogP contribution >= 0.6 is 12.6 Å². The van der Waals surface area contributed by atoms with Crippen molar-refractivity contribution in [3.8, 4) is 0 Å². The van der Waals surface area contributed by atoms with E-state index in [2.05, 4.69) is 12.6 Å². The van der Waals surface area contributed by atoms with Crippen molar-refractivity contribution in [2.45, 2.75) is 26.2 Å². The summed E-state index contributed by atoms with van der Waals surface area (Å²) in [6.45, 7) is 2.03. The quantitative estimate of drug-likeness (QED) is 0.376. The molecule has 0 amide bonds. The number of ketones is 1. The fourth-order valence-electron chi connectivity index (χ4n) is 0.846. The summed E-state index contributed by atoms with van der Waals surface area (Å²) in [5, 5.41) is 0. The Balaban J connectivity index is 3.74. The molecule has 2 nitrogen and oxygen atoms in total. The van der Waals surface area contributed by atoms with Gasteiger partial charge in [0, 0.05) is 5.75 Å². The molecule has 0 aromatic rings. The third-order valence-electron chi connectivity index (χ3n) is 1.60. The summed E-state index contributed by atoms with van der Waals surface area (Å²) in [5.41, 5.74) is 0. The number of rotatable bonds is 6. The molecule has 11 heavy (non-hydrogen) atoms. The molecule has 0 aliphatic carbocycles. The Morgan fingerprint density at radius 1 is 1.64 bits per heavy atom. The molecule has 64 valence electrons. The van der Waals surface area contributed by atoms with Crippen molar-refractivity contribution < 1.29 is 9.59 Å². The smallest absolute Gasteiger partial charge is 0.152 e. The zero-order valence-electron chi connectivity index (χ0n) is 6.75. The third kappa shape index (κ3) is 4.19. The first-order valence-corrected chi connectivity index (χ1v) is 4.48. The number of carbonyl (C=O) groups is 2. The summed E-state index contributed by atoms with van der Waals surface area (Å²) in [6.07, 6.45) is 3.36. The van der Waals surface area contributed by atoms with Crippen LogP contribution in [0, 0.1) is 5.92 Å². The van der Waals surface area contributed by atoms with Crippen LogP contribution in [0.25, 0.3) is 0 Å². The van der Waals surface area contributed by atoms with Crippen molar-refractivity contribution in [2.75, 3.05) is 5.75 Å². The van der Waals surface area contributed by atoms with Gasteiger partial charge >= 0.3 is 0 Å². The highest BCUT2D eigenvalue weighted by Crippen LogP contribution is 2.07. The second kappa shape index (κ2) is 6.40. The van der Waals surface area contributed by atoms with Crippen LogP contribution in [0.5, 0.6) is 0 Å². The normalized spacial score (nSPS) is 12.5. The van der Waals surface area contributed by atoms with E-state index >= 15 is 0 Å². The zero-order chi connectivity index (χ0) is 8.69. The first kappa shape index (κ1) is 10.7. The molecule has 1 atom stereocenters. The molecule has 0 saturated carbocycles. The van der Waals surface area contributed by atoms with E-state index < -0.39 is 5.92 Å². The summed E-state index contributed by atoms with van der Waals surface area (Å²) in [6, 6.07) is 0. The molecule has 0 rings (SSSR count). The van der Waals surface area contributed by atoms with Gasteiger partial charge in [-0.3, -0.25) is 4.79 Å². The maximum absolute atomic E-state index is 10.9. The molecule has 0 N–H and O–H groups in total. The van der Waals surface area contributed by atoms with Crippen LogP contribution < -0.4 is 0 Å². The van der Waals surface area contributed by atoms with Gasteiger partial charge in [-0.1, -0.05) is 19.8 Å². The van der Waals surface area contributed by atoms with Crippen molar-refractivity contribution in [1.82, 2.24) is 0 Å². The average Bonchev–Trinajstić information content (AvgIpc) is 2.05. The maximum atomic E-state index is 10.9. The number of Topliss-reactive ketones (excluding diaryl/α,β-unsaturated/α-hetero) is 1. The number of hydrogen-bond acceptors (Lipinski definition) is 3. The Hall–Kier alpha value is -0.310. The van der Waals surface area contributed by atoms with Crippen LogP contribution in [0.3, 0.4) is 0 Å². The van der Waals surface area contributed by atoms with Crippen molar-refractivity contribution in [2.24, 2.45) is 5.92 Å². The molecule has 0 aliphatic rings. The van der Waals surface area contributed by atoms with Crippen LogP contribution in [0.4, 0.5) is 0 Å². The molecule has 0 spiro atoms. The zero-order valence-corrected chi connectivity index (χ0v) is 7.64. The monoisotopic (exact) mass is 174 g/mol. The summed E-state index contributed by atoms with van der Waals surface area (Å²) < 4.78 is 0. The summed E-state index contributed by atoms with van der Waals surface area (Å²) in [4.78, 5) is 21.3. The second-order valence-electron chi connectivity index (χ2n) is 2.51. The molecule has 0 fully saturated rings. The van der Waals surface area contributed by atoms with E-state index in [-0.39, 0.29) is 11.5 Å². The predicted molar refractivity (Wildman–Crippen MR) is 47.9 cm³/mol. The lowest BCUT2D eigenvalue weighted by Crippen LogP contribution is -2.16. The lowest BCUT2D eigenvalue weighted by molar-refractivity contribution is -0.125. The first-order chi connectivity index (χ1) is 5.26. The van der Waals surface area contributed by atoms with Gasteiger partial charge in [-0.05, 0) is 6.42 Å². The molecular weight excluding hydrogens is 160 g/mol. The minimum Gasteiger partial charge on any atom is -0.303 e. The minimum atomic E-state index is -0.410. The Kier molecular flexibility index (Phi) is 6.22. The lowest BCUT2D eigenvalue weighted by atomic mass is 10.0. The summed E-state index contributed by atoms with van der Waals surface area (Å²) in [5.74, 6) is -0.295. The van der Waals surface area contributed by atoms with Crippen molar-refractivity contribution >= 4 is 24.7 Å². The van der Waals surface area contributed by atoms with Crippen molar-refractivity contribution in [3.05, 3.63) is 0 Å². The van der Waals surface area contributed by atoms with Crippen LogP contribution in [0.2, 0.25) is 0 Å². The van der Waals surface area contributed by atoms with Gasteiger partial charge in [-0.2, -0.15) is 12.6 Å². The number of unbranched alkanes of at least 4 members (excludes halogenated alkanes) is 1. The highest BCUT2D eigenvalue weighted by molar-refractivity contribution is 7.81. The van der Waals surface area contributed by atoms with E-state index in [1.165, 1.54) is 0 Å². The standard InChI is InChI=1S/C8H14O2S/c1-2-3-4-7(5-9)8(10)6-11/h5,7,11H,2-4,6H2,1H3. The van der Waals surface area contributed by atoms with E-state index in [0.29, 0.717) is 6.42 Å². The van der Waals surface area contributed by atoms with Crippen LogP contribution in [0.15, 0.2) is 0 Å². The fraction of sp³-hybridized carbons (Fsp3) is 0.750. The highest BCUT2D eigenvalue weighted by atomic mass is 32.1. The van der Waals surface area contributed by atoms with Gasteiger partial charge in [-0.15, -0.1) is 0 Å². The average molecular weight is 174 g/mol. The van der Waals surface area contributed by atoms with Gasteiger partial charge in [0.15, 0.2) is 5.78 Å². The Morgan fingerprint density at radius 2 is 2.27 bits per heavy atom. The van der Waals surface area contributed by atoms with Crippen LogP contribution in [-0.4, -0.2) is 17.8 Å². The largest absolute Gasteiger partial charge is 0.303 e. The van der Waals surface area contributed by atoms with Gasteiger partial charge < -0.3 is 4.79 Å². The summed E-state index contributed by atoms with van der Waals surface area (Å²) >= 11 is 3.82. The van der Waals surface area contributed by atoms with Gasteiger partial charge in [-0.25, -0.2) is 0 Å². The minimum absolute atomic E-state index is 0.0585. The molecule has 0 aromatic heterocycles. The molecule has 0 radical (unpaired) electrons. The fourth-order valence-corrected chi connectivity index (χ4v) is 1.08. The van der Waals surface area contributed by atoms with Gasteiger partial charge in [0.25, 0.3) is 0 Å². The predicted octanol–water partition coefficient (Wildman–Crippen LogP) is 1.49. The van der Waals surface area contributed by atoms with E-state index in [9.17, 15) is 9.59 Å². The topological polar surface area (TPSA) is 34.1 Å². The number of thiol groups is 1.